The molecule has 2 aliphatic rings. The number of anilines is 1. The maximum absolute atomic E-state index is 13.4. The molecule has 1 fully saturated rings. The van der Waals surface area contributed by atoms with E-state index in [0.717, 1.165) is 30.6 Å². The van der Waals surface area contributed by atoms with Gasteiger partial charge in [0.05, 0.1) is 26.1 Å². The van der Waals surface area contributed by atoms with Crippen LogP contribution in [0.3, 0.4) is 0 Å². The molecule has 2 aromatic carbocycles. The number of hydrogen-bond donors (Lipinski definition) is 2. The molecule has 8 nitrogen and oxygen atoms in total. The second-order valence-electron chi connectivity index (χ2n) is 10.4. The van der Waals surface area contributed by atoms with Gasteiger partial charge in [0.1, 0.15) is 0 Å². The van der Waals surface area contributed by atoms with Crippen LogP contribution in [0.5, 0.6) is 11.5 Å². The Balaban J connectivity index is 1.47. The summed E-state index contributed by atoms with van der Waals surface area (Å²) in [6, 6.07) is 12.1. The van der Waals surface area contributed by atoms with Gasteiger partial charge < -0.3 is 25.0 Å². The molecule has 0 aromatic heterocycles. The number of carbonyl (C=O) groups excluding carboxylic acids is 2. The number of nitrogens with zero attached hydrogens (tertiary/aromatic N) is 2. The van der Waals surface area contributed by atoms with Crippen LogP contribution in [0.2, 0.25) is 0 Å². The number of fused-ring (bicyclic) bond motifs is 1. The Kier molecular flexibility index (Phi) is 9.05. The number of piperidine rings is 1. The van der Waals surface area contributed by atoms with Crippen LogP contribution < -0.4 is 20.1 Å². The number of rotatable bonds is 10. The fraction of sp³-hybridized carbons (Fsp3) is 0.517. The SMILES string of the molecule is COc1ccc(CN2C[C@@H](C(=O)NCCN(C)C)C[C@@H](C(=O)Nc3ccc4c(c3)CCC4)C2)cc1OC. The third-order valence-electron chi connectivity index (χ3n) is 7.35. The molecule has 1 aliphatic heterocycles. The third kappa shape index (κ3) is 7.02. The van der Waals surface area contributed by atoms with Crippen molar-refractivity contribution in [3.63, 3.8) is 0 Å². The van der Waals surface area contributed by atoms with E-state index in [1.165, 1.54) is 17.5 Å². The van der Waals surface area contributed by atoms with Crippen molar-refractivity contribution in [2.24, 2.45) is 11.8 Å². The largest absolute Gasteiger partial charge is 0.493 e. The van der Waals surface area contributed by atoms with Crippen molar-refractivity contribution < 1.29 is 19.1 Å². The van der Waals surface area contributed by atoms with Crippen LogP contribution in [0.25, 0.3) is 0 Å². The number of aryl methyl sites for hydroxylation is 2. The first kappa shape index (κ1) is 26.9. The summed E-state index contributed by atoms with van der Waals surface area (Å²) in [5, 5.41) is 6.20. The highest BCUT2D eigenvalue weighted by molar-refractivity contribution is 5.93. The summed E-state index contributed by atoms with van der Waals surface area (Å²) in [4.78, 5) is 30.7. The van der Waals surface area contributed by atoms with Crippen LogP contribution in [0.1, 0.15) is 29.5 Å². The van der Waals surface area contributed by atoms with Crippen LogP contribution in [0.4, 0.5) is 5.69 Å². The zero-order chi connectivity index (χ0) is 26.4. The minimum absolute atomic E-state index is 0.00851. The van der Waals surface area contributed by atoms with Gasteiger partial charge in [-0.05, 0) is 80.7 Å². The number of benzene rings is 2. The Morgan fingerprint density at radius 3 is 2.41 bits per heavy atom. The maximum Gasteiger partial charge on any atom is 0.228 e. The van der Waals surface area contributed by atoms with Crippen LogP contribution in [-0.2, 0) is 29.0 Å². The Bertz CT molecular complexity index is 1100. The van der Waals surface area contributed by atoms with E-state index in [2.05, 4.69) is 27.7 Å². The molecule has 1 saturated heterocycles. The monoisotopic (exact) mass is 508 g/mol. The summed E-state index contributed by atoms with van der Waals surface area (Å²) in [6.07, 6.45) is 3.89. The van der Waals surface area contributed by atoms with Crippen LogP contribution >= 0.6 is 0 Å². The average molecular weight is 509 g/mol. The van der Waals surface area contributed by atoms with Crippen molar-refractivity contribution in [1.82, 2.24) is 15.1 Å². The molecule has 4 rings (SSSR count). The van der Waals surface area contributed by atoms with Crippen molar-refractivity contribution in [2.45, 2.75) is 32.2 Å². The second kappa shape index (κ2) is 12.4. The fourth-order valence-electron chi connectivity index (χ4n) is 5.38. The van der Waals surface area contributed by atoms with Gasteiger partial charge in [-0.2, -0.15) is 0 Å². The summed E-state index contributed by atoms with van der Waals surface area (Å²) >= 11 is 0. The molecule has 2 amide bonds. The summed E-state index contributed by atoms with van der Waals surface area (Å²) in [5.41, 5.74) is 4.60. The number of likely N-dealkylation sites (N-methyl/N-ethyl adjacent to an activating group) is 1. The Labute approximate surface area is 220 Å². The molecule has 1 aliphatic carbocycles. The molecule has 200 valence electrons. The maximum atomic E-state index is 13.4. The smallest absolute Gasteiger partial charge is 0.228 e. The zero-order valence-corrected chi connectivity index (χ0v) is 22.5. The molecule has 0 saturated carbocycles. The van der Waals surface area contributed by atoms with Gasteiger partial charge in [0.25, 0.3) is 0 Å². The van der Waals surface area contributed by atoms with Gasteiger partial charge in [0.2, 0.25) is 11.8 Å². The molecule has 2 N–H and O–H groups in total. The lowest BCUT2D eigenvalue weighted by molar-refractivity contribution is -0.130. The Morgan fingerprint density at radius 1 is 0.946 bits per heavy atom. The number of carbonyl (C=O) groups is 2. The Morgan fingerprint density at radius 2 is 1.68 bits per heavy atom. The highest BCUT2D eigenvalue weighted by Crippen LogP contribution is 2.31. The Hall–Kier alpha value is -3.10. The fourth-order valence-corrected chi connectivity index (χ4v) is 5.38. The van der Waals surface area contributed by atoms with Crippen LogP contribution in [0.15, 0.2) is 36.4 Å². The van der Waals surface area contributed by atoms with E-state index in [4.69, 9.17) is 9.47 Å². The van der Waals surface area contributed by atoms with Gasteiger partial charge in [0.15, 0.2) is 11.5 Å². The minimum atomic E-state index is -0.285. The van der Waals surface area contributed by atoms with E-state index >= 15 is 0 Å². The summed E-state index contributed by atoms with van der Waals surface area (Å²) in [5.74, 6) is 0.782. The van der Waals surface area contributed by atoms with E-state index in [0.29, 0.717) is 44.1 Å². The molecule has 0 unspecified atom stereocenters. The van der Waals surface area contributed by atoms with Crippen LogP contribution in [-0.4, -0.2) is 76.1 Å². The van der Waals surface area contributed by atoms with Crippen molar-refractivity contribution >= 4 is 17.5 Å². The van der Waals surface area contributed by atoms with Gasteiger partial charge in [-0.25, -0.2) is 0 Å². The average Bonchev–Trinajstić information content (AvgIpc) is 3.36. The number of hydrogen-bond acceptors (Lipinski definition) is 6. The van der Waals surface area contributed by atoms with E-state index < -0.39 is 0 Å². The molecule has 8 heteroatoms. The third-order valence-corrected chi connectivity index (χ3v) is 7.35. The van der Waals surface area contributed by atoms with E-state index in [9.17, 15) is 9.59 Å². The van der Waals surface area contributed by atoms with Gasteiger partial charge in [0, 0.05) is 38.4 Å². The summed E-state index contributed by atoms with van der Waals surface area (Å²) in [6.45, 7) is 3.17. The first-order valence-electron chi connectivity index (χ1n) is 13.1. The number of methoxy groups -OCH3 is 2. The highest BCUT2D eigenvalue weighted by atomic mass is 16.5. The summed E-state index contributed by atoms with van der Waals surface area (Å²) < 4.78 is 10.8. The quantitative estimate of drug-likeness (QED) is 0.514. The first-order valence-corrected chi connectivity index (χ1v) is 13.1. The predicted octanol–water partition coefficient (Wildman–Crippen LogP) is 2.95. The molecular weight excluding hydrogens is 468 g/mol. The molecule has 1 heterocycles. The van der Waals surface area contributed by atoms with Gasteiger partial charge in [-0.1, -0.05) is 12.1 Å². The first-order chi connectivity index (χ1) is 17.9. The minimum Gasteiger partial charge on any atom is -0.493 e. The molecule has 0 bridgehead atoms. The topological polar surface area (TPSA) is 83.1 Å². The number of likely N-dealkylation sites (tertiary alicyclic amines) is 1. The normalized spacial score (nSPS) is 19.4. The standard InChI is InChI=1S/C29H40N4O4/c1-32(2)13-12-30-28(34)23-15-24(29(35)31-25-10-9-21-6-5-7-22(21)16-25)19-33(18-23)17-20-8-11-26(36-3)27(14-20)37-4/h8-11,14,16,23-24H,5-7,12-13,15,17-19H2,1-4H3,(H,30,34)(H,31,35)/t23-,24+/m0/s1. The lowest BCUT2D eigenvalue weighted by Gasteiger charge is -2.36. The lowest BCUT2D eigenvalue weighted by Crippen LogP contribution is -2.49. The van der Waals surface area contributed by atoms with Crippen molar-refractivity contribution in [2.75, 3.05) is 59.8 Å². The van der Waals surface area contributed by atoms with Crippen molar-refractivity contribution in [1.29, 1.82) is 0 Å². The number of nitrogens with one attached hydrogen (secondary N) is 2. The second-order valence-corrected chi connectivity index (χ2v) is 10.4. The lowest BCUT2D eigenvalue weighted by atomic mass is 9.87. The molecule has 2 aromatic rings. The summed E-state index contributed by atoms with van der Waals surface area (Å²) in [7, 11) is 7.20. The molecular formula is C29H40N4O4. The number of ether oxygens (including phenoxy) is 2. The van der Waals surface area contributed by atoms with E-state index in [1.807, 2.05) is 43.3 Å². The van der Waals surface area contributed by atoms with E-state index in [-0.39, 0.29) is 23.7 Å². The van der Waals surface area contributed by atoms with Gasteiger partial charge >= 0.3 is 0 Å². The van der Waals surface area contributed by atoms with Crippen LogP contribution in [0, 0.1) is 11.8 Å². The predicted molar refractivity (Wildman–Crippen MR) is 145 cm³/mol. The molecule has 0 spiro atoms. The molecule has 0 radical (unpaired) electrons. The highest BCUT2D eigenvalue weighted by Gasteiger charge is 2.35. The van der Waals surface area contributed by atoms with Gasteiger partial charge in [-0.15, -0.1) is 0 Å². The molecule has 2 atom stereocenters. The van der Waals surface area contributed by atoms with Crippen molar-refractivity contribution in [3.8, 4) is 11.5 Å². The molecule has 37 heavy (non-hydrogen) atoms. The number of amides is 2. The van der Waals surface area contributed by atoms with E-state index in [1.54, 1.807) is 14.2 Å². The van der Waals surface area contributed by atoms with Gasteiger partial charge in [-0.3, -0.25) is 14.5 Å². The zero-order valence-electron chi connectivity index (χ0n) is 22.5. The van der Waals surface area contributed by atoms with Crippen molar-refractivity contribution in [3.05, 3.63) is 53.1 Å².